The van der Waals surface area contributed by atoms with Gasteiger partial charge in [-0.3, -0.25) is 4.79 Å². The van der Waals surface area contributed by atoms with Crippen LogP contribution in [0.25, 0.3) is 0 Å². The van der Waals surface area contributed by atoms with Crippen molar-refractivity contribution in [1.82, 2.24) is 0 Å². The minimum absolute atomic E-state index is 0.193. The number of rotatable bonds is 4. The maximum absolute atomic E-state index is 11.5. The molecule has 1 amide bonds. The van der Waals surface area contributed by atoms with Crippen LogP contribution in [0.4, 0.5) is 5.69 Å². The van der Waals surface area contributed by atoms with Crippen LogP contribution in [-0.2, 0) is 4.79 Å². The first-order valence-electron chi connectivity index (χ1n) is 4.88. The molecule has 1 aromatic rings. The summed E-state index contributed by atoms with van der Waals surface area (Å²) in [5.41, 5.74) is 6.25. The van der Waals surface area contributed by atoms with E-state index >= 15 is 0 Å². The fraction of sp³-hybridized carbons (Fsp3) is 0.364. The molecular weight excluding hydrogens is 192 g/mol. The van der Waals surface area contributed by atoms with Crippen molar-refractivity contribution in [2.45, 2.75) is 19.4 Å². The number of methoxy groups -OCH3 is 1. The molecular formula is C11H16N2O2. The molecule has 0 heterocycles. The van der Waals surface area contributed by atoms with Crippen molar-refractivity contribution in [1.29, 1.82) is 0 Å². The predicted octanol–water partition coefficient (Wildman–Crippen LogP) is 1.37. The number of amides is 1. The van der Waals surface area contributed by atoms with Crippen molar-refractivity contribution in [2.24, 2.45) is 5.73 Å². The van der Waals surface area contributed by atoms with E-state index < -0.39 is 6.04 Å². The molecule has 0 saturated heterocycles. The van der Waals surface area contributed by atoms with E-state index in [1.54, 1.807) is 19.2 Å². The van der Waals surface area contributed by atoms with E-state index in [2.05, 4.69) is 5.32 Å². The SMILES string of the molecule is CC[C@H](N)C(=O)Nc1ccccc1OC. The molecule has 1 atom stereocenters. The number of nitrogens with two attached hydrogens (primary N) is 1. The number of hydrogen-bond acceptors (Lipinski definition) is 3. The minimum atomic E-state index is -0.477. The molecule has 3 N–H and O–H groups in total. The summed E-state index contributed by atoms with van der Waals surface area (Å²) in [6.45, 7) is 1.87. The number of carbonyl (C=O) groups excluding carboxylic acids is 1. The summed E-state index contributed by atoms with van der Waals surface area (Å²) in [6.07, 6.45) is 0.612. The van der Waals surface area contributed by atoms with Crippen molar-refractivity contribution in [3.05, 3.63) is 24.3 Å². The van der Waals surface area contributed by atoms with Crippen molar-refractivity contribution in [3.8, 4) is 5.75 Å². The zero-order chi connectivity index (χ0) is 11.3. The largest absolute Gasteiger partial charge is 0.495 e. The van der Waals surface area contributed by atoms with Crippen molar-refractivity contribution in [3.63, 3.8) is 0 Å². The Morgan fingerprint density at radius 3 is 2.80 bits per heavy atom. The molecule has 0 aliphatic rings. The first kappa shape index (κ1) is 11.5. The van der Waals surface area contributed by atoms with E-state index in [0.29, 0.717) is 17.9 Å². The molecule has 0 aromatic heterocycles. The van der Waals surface area contributed by atoms with Gasteiger partial charge in [0.25, 0.3) is 0 Å². The summed E-state index contributed by atoms with van der Waals surface area (Å²) < 4.78 is 5.10. The van der Waals surface area contributed by atoms with E-state index in [4.69, 9.17) is 10.5 Å². The maximum Gasteiger partial charge on any atom is 0.241 e. The second-order valence-electron chi connectivity index (χ2n) is 3.20. The molecule has 0 aliphatic carbocycles. The smallest absolute Gasteiger partial charge is 0.241 e. The van der Waals surface area contributed by atoms with Crippen LogP contribution in [0.15, 0.2) is 24.3 Å². The van der Waals surface area contributed by atoms with Crippen LogP contribution in [-0.4, -0.2) is 19.1 Å². The monoisotopic (exact) mass is 208 g/mol. The summed E-state index contributed by atoms with van der Waals surface area (Å²) in [7, 11) is 1.56. The molecule has 4 heteroatoms. The summed E-state index contributed by atoms with van der Waals surface area (Å²) >= 11 is 0. The minimum Gasteiger partial charge on any atom is -0.495 e. The summed E-state index contributed by atoms with van der Waals surface area (Å²) in [4.78, 5) is 11.5. The Morgan fingerprint density at radius 2 is 2.20 bits per heavy atom. The second kappa shape index (κ2) is 5.36. The quantitative estimate of drug-likeness (QED) is 0.785. The molecule has 15 heavy (non-hydrogen) atoms. The first-order chi connectivity index (χ1) is 7.19. The Balaban J connectivity index is 2.76. The molecule has 0 saturated carbocycles. The van der Waals surface area contributed by atoms with Gasteiger partial charge in [-0.25, -0.2) is 0 Å². The third-order valence-electron chi connectivity index (χ3n) is 2.14. The number of anilines is 1. The molecule has 4 nitrogen and oxygen atoms in total. The van der Waals surface area contributed by atoms with Crippen LogP contribution in [0, 0.1) is 0 Å². The summed E-state index contributed by atoms with van der Waals surface area (Å²) in [5, 5.41) is 2.72. The van der Waals surface area contributed by atoms with Crippen molar-refractivity contribution >= 4 is 11.6 Å². The van der Waals surface area contributed by atoms with Gasteiger partial charge in [-0.2, -0.15) is 0 Å². The zero-order valence-electron chi connectivity index (χ0n) is 8.99. The van der Waals surface area contributed by atoms with Gasteiger partial charge in [0.1, 0.15) is 5.75 Å². The van der Waals surface area contributed by atoms with Gasteiger partial charge in [-0.05, 0) is 18.6 Å². The van der Waals surface area contributed by atoms with Gasteiger partial charge < -0.3 is 15.8 Å². The third-order valence-corrected chi connectivity index (χ3v) is 2.14. The Morgan fingerprint density at radius 1 is 1.53 bits per heavy atom. The number of hydrogen-bond donors (Lipinski definition) is 2. The molecule has 0 unspecified atom stereocenters. The van der Waals surface area contributed by atoms with E-state index in [9.17, 15) is 4.79 Å². The summed E-state index contributed by atoms with van der Waals surface area (Å²) in [5.74, 6) is 0.441. The average molecular weight is 208 g/mol. The highest BCUT2D eigenvalue weighted by Crippen LogP contribution is 2.22. The van der Waals surface area contributed by atoms with Crippen LogP contribution >= 0.6 is 0 Å². The molecule has 1 aromatic carbocycles. The standard InChI is InChI=1S/C11H16N2O2/c1-3-8(12)11(14)13-9-6-4-5-7-10(9)15-2/h4-8H,3,12H2,1-2H3,(H,13,14)/t8-/m0/s1. The molecule has 0 aliphatic heterocycles. The lowest BCUT2D eigenvalue weighted by Gasteiger charge is -2.12. The van der Waals surface area contributed by atoms with Crippen LogP contribution in [0.2, 0.25) is 0 Å². The highest BCUT2D eigenvalue weighted by Gasteiger charge is 2.12. The van der Waals surface area contributed by atoms with Gasteiger partial charge in [0, 0.05) is 0 Å². The molecule has 0 spiro atoms. The van der Waals surface area contributed by atoms with Gasteiger partial charge in [0.2, 0.25) is 5.91 Å². The highest BCUT2D eigenvalue weighted by molar-refractivity contribution is 5.95. The fourth-order valence-corrected chi connectivity index (χ4v) is 1.16. The lowest BCUT2D eigenvalue weighted by Crippen LogP contribution is -2.34. The molecule has 82 valence electrons. The Hall–Kier alpha value is -1.55. The number of para-hydroxylation sites is 2. The molecule has 1 rings (SSSR count). The lowest BCUT2D eigenvalue weighted by atomic mass is 10.2. The predicted molar refractivity (Wildman–Crippen MR) is 59.9 cm³/mol. The van der Waals surface area contributed by atoms with Gasteiger partial charge in [0.15, 0.2) is 0 Å². The number of benzene rings is 1. The van der Waals surface area contributed by atoms with E-state index in [-0.39, 0.29) is 5.91 Å². The molecule has 0 fully saturated rings. The van der Waals surface area contributed by atoms with E-state index in [1.165, 1.54) is 0 Å². The van der Waals surface area contributed by atoms with E-state index in [1.807, 2.05) is 19.1 Å². The summed E-state index contributed by atoms with van der Waals surface area (Å²) in [6, 6.07) is 6.76. The van der Waals surface area contributed by atoms with E-state index in [0.717, 1.165) is 0 Å². The Labute approximate surface area is 89.4 Å². The number of carbonyl (C=O) groups is 1. The number of nitrogens with one attached hydrogen (secondary N) is 1. The number of ether oxygens (including phenoxy) is 1. The van der Waals surface area contributed by atoms with Crippen LogP contribution in [0.5, 0.6) is 5.75 Å². The van der Waals surface area contributed by atoms with Crippen LogP contribution in [0.3, 0.4) is 0 Å². The lowest BCUT2D eigenvalue weighted by molar-refractivity contribution is -0.117. The van der Waals surface area contributed by atoms with Crippen molar-refractivity contribution in [2.75, 3.05) is 12.4 Å². The van der Waals surface area contributed by atoms with Crippen molar-refractivity contribution < 1.29 is 9.53 Å². The normalized spacial score (nSPS) is 11.9. The zero-order valence-corrected chi connectivity index (χ0v) is 8.99. The Kier molecular flexibility index (Phi) is 4.12. The first-order valence-corrected chi connectivity index (χ1v) is 4.88. The fourth-order valence-electron chi connectivity index (χ4n) is 1.16. The van der Waals surface area contributed by atoms with Gasteiger partial charge >= 0.3 is 0 Å². The Bertz CT molecular complexity index is 339. The molecule has 0 radical (unpaired) electrons. The molecule has 0 bridgehead atoms. The second-order valence-corrected chi connectivity index (χ2v) is 3.20. The van der Waals surface area contributed by atoms with Gasteiger partial charge in [-0.1, -0.05) is 19.1 Å². The third kappa shape index (κ3) is 2.95. The van der Waals surface area contributed by atoms with Crippen LogP contribution < -0.4 is 15.8 Å². The van der Waals surface area contributed by atoms with Gasteiger partial charge in [-0.15, -0.1) is 0 Å². The van der Waals surface area contributed by atoms with Gasteiger partial charge in [0.05, 0.1) is 18.8 Å². The topological polar surface area (TPSA) is 64.4 Å². The maximum atomic E-state index is 11.5. The average Bonchev–Trinajstić information content (AvgIpc) is 2.28. The highest BCUT2D eigenvalue weighted by atomic mass is 16.5. The van der Waals surface area contributed by atoms with Crippen LogP contribution in [0.1, 0.15) is 13.3 Å².